The average Bonchev–Trinajstić information content (AvgIpc) is 3.01. The van der Waals surface area contributed by atoms with Crippen LogP contribution in [-0.2, 0) is 17.3 Å². The molecular formula is C15H13F2NO2S. The number of hydrogen-bond donors (Lipinski definition) is 1. The van der Waals surface area contributed by atoms with Crippen LogP contribution in [0.1, 0.15) is 29.7 Å². The van der Waals surface area contributed by atoms with Gasteiger partial charge in [0.15, 0.2) is 0 Å². The van der Waals surface area contributed by atoms with Crippen LogP contribution in [0.15, 0.2) is 35.0 Å². The van der Waals surface area contributed by atoms with Gasteiger partial charge in [0.25, 0.3) is 0 Å². The van der Waals surface area contributed by atoms with Crippen LogP contribution in [0.3, 0.4) is 0 Å². The monoisotopic (exact) mass is 309 g/mol. The zero-order chi connectivity index (χ0) is 15.2. The molecule has 0 aliphatic carbocycles. The lowest BCUT2D eigenvalue weighted by molar-refractivity contribution is -0.141. The van der Waals surface area contributed by atoms with Gasteiger partial charge in [-0.1, -0.05) is 12.1 Å². The van der Waals surface area contributed by atoms with Crippen LogP contribution < -0.4 is 4.90 Å². The minimum Gasteiger partial charge on any atom is -0.389 e. The van der Waals surface area contributed by atoms with E-state index in [-0.39, 0.29) is 23.4 Å². The summed E-state index contributed by atoms with van der Waals surface area (Å²) in [7, 11) is 0. The summed E-state index contributed by atoms with van der Waals surface area (Å²) in [6.07, 6.45) is -1.06. The van der Waals surface area contributed by atoms with Crippen LogP contribution in [0.25, 0.3) is 0 Å². The maximum Gasteiger partial charge on any atom is 0.352 e. The SMILES string of the molecule is C[C@H](O)c1cccc2c1C(F)(F)C(=O)N2Cc1ccsc1. The number of carbonyl (C=O) groups is 1. The molecule has 0 fully saturated rings. The van der Waals surface area contributed by atoms with Crippen molar-refractivity contribution < 1.29 is 18.7 Å². The highest BCUT2D eigenvalue weighted by Gasteiger charge is 2.54. The first-order valence-electron chi connectivity index (χ1n) is 6.45. The number of fused-ring (bicyclic) bond motifs is 1. The fourth-order valence-corrected chi connectivity index (χ4v) is 3.24. The fraction of sp³-hybridized carbons (Fsp3) is 0.267. The van der Waals surface area contributed by atoms with Gasteiger partial charge >= 0.3 is 11.8 Å². The summed E-state index contributed by atoms with van der Waals surface area (Å²) in [5.41, 5.74) is 0.702. The summed E-state index contributed by atoms with van der Waals surface area (Å²) in [5.74, 6) is -4.84. The maximum atomic E-state index is 14.3. The predicted octanol–water partition coefficient (Wildman–Crippen LogP) is 3.44. The number of aliphatic hydroxyl groups excluding tert-OH is 1. The molecule has 2 heterocycles. The van der Waals surface area contributed by atoms with E-state index in [4.69, 9.17) is 0 Å². The Kier molecular flexibility index (Phi) is 3.30. The Balaban J connectivity index is 2.11. The van der Waals surface area contributed by atoms with E-state index in [0.717, 1.165) is 10.5 Å². The molecule has 21 heavy (non-hydrogen) atoms. The zero-order valence-corrected chi connectivity index (χ0v) is 12.0. The summed E-state index contributed by atoms with van der Waals surface area (Å²) < 4.78 is 28.7. The minimum absolute atomic E-state index is 0.0960. The quantitative estimate of drug-likeness (QED) is 0.943. The Labute approximate surface area is 124 Å². The minimum atomic E-state index is -3.60. The van der Waals surface area contributed by atoms with Gasteiger partial charge in [0, 0.05) is 0 Å². The lowest BCUT2D eigenvalue weighted by Gasteiger charge is -2.16. The highest BCUT2D eigenvalue weighted by atomic mass is 32.1. The number of thiophene rings is 1. The highest BCUT2D eigenvalue weighted by Crippen LogP contribution is 2.47. The van der Waals surface area contributed by atoms with E-state index in [1.54, 1.807) is 12.1 Å². The molecule has 1 aliphatic rings. The normalized spacial score (nSPS) is 17.9. The lowest BCUT2D eigenvalue weighted by atomic mass is 9.98. The molecular weight excluding hydrogens is 296 g/mol. The molecule has 3 rings (SSSR count). The van der Waals surface area contributed by atoms with E-state index in [1.165, 1.54) is 30.4 Å². The second-order valence-corrected chi connectivity index (χ2v) is 5.79. The first-order valence-corrected chi connectivity index (χ1v) is 7.39. The third kappa shape index (κ3) is 2.15. The van der Waals surface area contributed by atoms with Gasteiger partial charge in [0.05, 0.1) is 23.9 Å². The number of halogens is 2. The van der Waals surface area contributed by atoms with Gasteiger partial charge in [-0.3, -0.25) is 4.79 Å². The van der Waals surface area contributed by atoms with Gasteiger partial charge < -0.3 is 10.0 Å². The summed E-state index contributed by atoms with van der Waals surface area (Å²) in [4.78, 5) is 13.2. The Morgan fingerprint density at radius 3 is 2.76 bits per heavy atom. The van der Waals surface area contributed by atoms with Crippen LogP contribution in [-0.4, -0.2) is 11.0 Å². The molecule has 2 aromatic rings. The van der Waals surface area contributed by atoms with E-state index < -0.39 is 17.9 Å². The standard InChI is InChI=1S/C15H13F2NO2S/c1-9(19)11-3-2-4-12-13(11)15(16,17)14(20)18(12)7-10-5-6-21-8-10/h2-6,8-9,19H,7H2,1H3/t9-/m0/s1. The number of aliphatic hydroxyl groups is 1. The average molecular weight is 309 g/mol. The molecule has 1 aromatic carbocycles. The molecule has 0 bridgehead atoms. The largest absolute Gasteiger partial charge is 0.389 e. The first-order chi connectivity index (χ1) is 9.93. The molecule has 1 amide bonds. The van der Waals surface area contributed by atoms with E-state index in [2.05, 4.69) is 0 Å². The summed E-state index contributed by atoms with van der Waals surface area (Å²) in [6.45, 7) is 1.52. The van der Waals surface area contributed by atoms with Gasteiger partial charge in [0.1, 0.15) is 0 Å². The van der Waals surface area contributed by atoms with Crippen LogP contribution >= 0.6 is 11.3 Å². The fourth-order valence-electron chi connectivity index (χ4n) is 2.58. The number of carbonyl (C=O) groups excluding carboxylic acids is 1. The topological polar surface area (TPSA) is 40.5 Å². The molecule has 0 saturated carbocycles. The van der Waals surface area contributed by atoms with Crippen molar-refractivity contribution in [1.29, 1.82) is 0 Å². The molecule has 1 aliphatic heterocycles. The van der Waals surface area contributed by atoms with Crippen molar-refractivity contribution in [3.05, 3.63) is 51.7 Å². The Bertz CT molecular complexity index is 683. The van der Waals surface area contributed by atoms with Gasteiger partial charge in [-0.05, 0) is 40.9 Å². The smallest absolute Gasteiger partial charge is 0.352 e. The van der Waals surface area contributed by atoms with E-state index >= 15 is 0 Å². The number of anilines is 1. The first kappa shape index (κ1) is 14.2. The van der Waals surface area contributed by atoms with Crippen molar-refractivity contribution in [2.24, 2.45) is 0 Å². The number of rotatable bonds is 3. The summed E-state index contributed by atoms with van der Waals surface area (Å²) in [5, 5.41) is 13.3. The maximum absolute atomic E-state index is 14.3. The van der Waals surface area contributed by atoms with Crippen molar-refractivity contribution in [2.75, 3.05) is 4.90 Å². The third-order valence-corrected chi connectivity index (χ3v) is 4.30. The Hall–Kier alpha value is -1.79. The van der Waals surface area contributed by atoms with Crippen LogP contribution in [0.2, 0.25) is 0 Å². The molecule has 1 aromatic heterocycles. The zero-order valence-electron chi connectivity index (χ0n) is 11.2. The van der Waals surface area contributed by atoms with Crippen LogP contribution in [0.5, 0.6) is 0 Å². The lowest BCUT2D eigenvalue weighted by Crippen LogP contribution is -2.34. The Morgan fingerprint density at radius 2 is 2.14 bits per heavy atom. The van der Waals surface area contributed by atoms with Crippen LogP contribution in [0, 0.1) is 0 Å². The number of alkyl halides is 2. The molecule has 6 heteroatoms. The van der Waals surface area contributed by atoms with E-state index in [0.29, 0.717) is 0 Å². The van der Waals surface area contributed by atoms with Gasteiger partial charge in [0.2, 0.25) is 0 Å². The number of amides is 1. The van der Waals surface area contributed by atoms with Crippen molar-refractivity contribution in [2.45, 2.75) is 25.5 Å². The second-order valence-electron chi connectivity index (χ2n) is 5.01. The number of hydrogen-bond acceptors (Lipinski definition) is 3. The molecule has 3 nitrogen and oxygen atoms in total. The summed E-state index contributed by atoms with van der Waals surface area (Å²) >= 11 is 1.45. The third-order valence-electron chi connectivity index (χ3n) is 3.56. The molecule has 0 saturated heterocycles. The van der Waals surface area contributed by atoms with E-state index in [9.17, 15) is 18.7 Å². The predicted molar refractivity (Wildman–Crippen MR) is 76.5 cm³/mol. The van der Waals surface area contributed by atoms with Crippen molar-refractivity contribution in [3.8, 4) is 0 Å². The van der Waals surface area contributed by atoms with Crippen molar-refractivity contribution >= 4 is 22.9 Å². The van der Waals surface area contributed by atoms with Gasteiger partial charge in [-0.15, -0.1) is 0 Å². The van der Waals surface area contributed by atoms with Crippen molar-refractivity contribution in [3.63, 3.8) is 0 Å². The van der Waals surface area contributed by atoms with Crippen LogP contribution in [0.4, 0.5) is 14.5 Å². The highest BCUT2D eigenvalue weighted by molar-refractivity contribution is 7.07. The molecule has 0 spiro atoms. The molecule has 110 valence electrons. The molecule has 0 unspecified atom stereocenters. The number of nitrogens with zero attached hydrogens (tertiary/aromatic N) is 1. The molecule has 1 atom stereocenters. The van der Waals surface area contributed by atoms with E-state index in [1.807, 2.05) is 10.8 Å². The van der Waals surface area contributed by atoms with Gasteiger partial charge in [-0.2, -0.15) is 20.1 Å². The molecule has 0 radical (unpaired) electrons. The van der Waals surface area contributed by atoms with Crippen molar-refractivity contribution in [1.82, 2.24) is 0 Å². The Morgan fingerprint density at radius 1 is 1.38 bits per heavy atom. The second kappa shape index (κ2) is 4.89. The number of benzene rings is 1. The summed E-state index contributed by atoms with van der Waals surface area (Å²) in [6, 6.07) is 6.30. The van der Waals surface area contributed by atoms with Gasteiger partial charge in [-0.25, -0.2) is 0 Å². The molecule has 1 N–H and O–H groups in total.